The molecule has 3 aliphatic rings. The monoisotopic (exact) mass is 498 g/mol. The zero-order valence-electron chi connectivity index (χ0n) is 21.1. The van der Waals surface area contributed by atoms with Crippen LogP contribution in [0.4, 0.5) is 8.78 Å². The topological polar surface area (TPSA) is 53.0 Å². The van der Waals surface area contributed by atoms with Gasteiger partial charge >= 0.3 is 0 Å². The predicted molar refractivity (Wildman–Crippen MR) is 133 cm³/mol. The van der Waals surface area contributed by atoms with Gasteiger partial charge < -0.3 is 14.7 Å². The minimum atomic E-state index is -1.02. The Labute approximate surface area is 212 Å². The molecule has 3 fully saturated rings. The normalized spacial score (nSPS) is 32.1. The molecule has 3 saturated heterocycles. The number of hydrogen-bond donors (Lipinski definition) is 1. The number of likely N-dealkylation sites (tertiary alicyclic amines) is 2. The number of carbonyl (C=O) groups excluding carboxylic acids is 1. The average Bonchev–Trinajstić information content (AvgIpc) is 3.32. The first-order chi connectivity index (χ1) is 17.3. The summed E-state index contributed by atoms with van der Waals surface area (Å²) in [6, 6.07) is 13.7. The minimum absolute atomic E-state index is 0.00732. The van der Waals surface area contributed by atoms with Gasteiger partial charge in [-0.25, -0.2) is 8.78 Å². The number of piperidine rings is 1. The van der Waals surface area contributed by atoms with E-state index in [1.807, 2.05) is 49.1 Å². The second-order valence-electron chi connectivity index (χ2n) is 10.9. The molecule has 0 aliphatic carbocycles. The quantitative estimate of drug-likeness (QED) is 0.688. The fraction of sp³-hybridized carbons (Fsp3) is 0.552. The van der Waals surface area contributed by atoms with Crippen molar-refractivity contribution < 1.29 is 23.4 Å². The molecule has 3 heterocycles. The van der Waals surface area contributed by atoms with Crippen LogP contribution in [0.1, 0.15) is 43.7 Å². The maximum Gasteiger partial charge on any atom is 0.227 e. The number of hydrogen-bond acceptors (Lipinski definition) is 4. The second kappa shape index (κ2) is 10.2. The summed E-state index contributed by atoms with van der Waals surface area (Å²) in [6.07, 6.45) is 1.78. The highest BCUT2D eigenvalue weighted by Crippen LogP contribution is 2.43. The lowest BCUT2D eigenvalue weighted by molar-refractivity contribution is -0.152. The molecular weight excluding hydrogens is 462 g/mol. The van der Waals surface area contributed by atoms with Crippen LogP contribution >= 0.6 is 0 Å². The predicted octanol–water partition coefficient (Wildman–Crippen LogP) is 4.16. The third-order valence-corrected chi connectivity index (χ3v) is 8.77. The maximum atomic E-state index is 14.9. The number of nitrogens with zero attached hydrogens (tertiary/aromatic N) is 2. The SMILES string of the molecule is C[C@@H]1CN(C(=O)[C@@H]2CN(C3CCOCC3)C[C@H]2c2ccc(F)cc2F)C[C@H](C)[C@@]1(O)c1ccccc1. The van der Waals surface area contributed by atoms with Crippen LogP contribution in [0.2, 0.25) is 0 Å². The van der Waals surface area contributed by atoms with Gasteiger partial charge in [-0.15, -0.1) is 0 Å². The third-order valence-electron chi connectivity index (χ3n) is 8.77. The molecular formula is C29H36F2N2O3. The molecule has 0 bridgehead atoms. The zero-order valence-corrected chi connectivity index (χ0v) is 21.1. The van der Waals surface area contributed by atoms with E-state index in [1.165, 1.54) is 12.1 Å². The molecule has 36 heavy (non-hydrogen) atoms. The van der Waals surface area contributed by atoms with E-state index in [-0.39, 0.29) is 23.7 Å². The van der Waals surface area contributed by atoms with E-state index in [1.54, 1.807) is 0 Å². The van der Waals surface area contributed by atoms with Crippen molar-refractivity contribution in [1.29, 1.82) is 0 Å². The molecule has 5 nitrogen and oxygen atoms in total. The summed E-state index contributed by atoms with van der Waals surface area (Å²) < 4.78 is 34.1. The van der Waals surface area contributed by atoms with Gasteiger partial charge in [0.1, 0.15) is 11.6 Å². The molecule has 0 radical (unpaired) electrons. The molecule has 3 aliphatic heterocycles. The highest BCUT2D eigenvalue weighted by molar-refractivity contribution is 5.81. The number of ether oxygens (including phenoxy) is 1. The van der Waals surface area contributed by atoms with E-state index in [2.05, 4.69) is 4.90 Å². The van der Waals surface area contributed by atoms with Crippen molar-refractivity contribution in [1.82, 2.24) is 9.80 Å². The number of rotatable bonds is 4. The summed E-state index contributed by atoms with van der Waals surface area (Å²) in [5.41, 5.74) is 0.253. The van der Waals surface area contributed by atoms with Crippen molar-refractivity contribution in [2.75, 3.05) is 39.4 Å². The number of amides is 1. The summed E-state index contributed by atoms with van der Waals surface area (Å²) in [5, 5.41) is 11.7. The lowest BCUT2D eigenvalue weighted by atomic mass is 9.70. The Morgan fingerprint density at radius 1 is 0.972 bits per heavy atom. The van der Waals surface area contributed by atoms with E-state index >= 15 is 0 Å². The van der Waals surface area contributed by atoms with Crippen molar-refractivity contribution in [3.05, 3.63) is 71.3 Å². The molecule has 194 valence electrons. The molecule has 2 aromatic carbocycles. The van der Waals surface area contributed by atoms with E-state index in [4.69, 9.17) is 4.74 Å². The van der Waals surface area contributed by atoms with Gasteiger partial charge in [-0.05, 0) is 30.0 Å². The third kappa shape index (κ3) is 4.57. The summed E-state index contributed by atoms with van der Waals surface area (Å²) in [4.78, 5) is 18.2. The fourth-order valence-corrected chi connectivity index (χ4v) is 6.74. The van der Waals surface area contributed by atoms with Crippen LogP contribution in [-0.2, 0) is 15.1 Å². The Morgan fingerprint density at radius 2 is 1.64 bits per heavy atom. The molecule has 1 N–H and O–H groups in total. The van der Waals surface area contributed by atoms with Crippen molar-refractivity contribution in [2.45, 2.75) is 44.2 Å². The minimum Gasteiger partial charge on any atom is -0.384 e. The summed E-state index contributed by atoms with van der Waals surface area (Å²) in [7, 11) is 0. The van der Waals surface area contributed by atoms with Gasteiger partial charge in [0.15, 0.2) is 0 Å². The van der Waals surface area contributed by atoms with Gasteiger partial charge in [0.2, 0.25) is 5.91 Å². The number of halogens is 2. The molecule has 7 heteroatoms. The highest BCUT2D eigenvalue weighted by Gasteiger charge is 2.49. The smallest absolute Gasteiger partial charge is 0.227 e. The highest BCUT2D eigenvalue weighted by atomic mass is 19.1. The molecule has 5 rings (SSSR count). The van der Waals surface area contributed by atoms with Gasteiger partial charge in [0, 0.05) is 69.3 Å². The van der Waals surface area contributed by atoms with Crippen LogP contribution in [0, 0.1) is 29.4 Å². The van der Waals surface area contributed by atoms with Crippen molar-refractivity contribution in [3.63, 3.8) is 0 Å². The zero-order chi connectivity index (χ0) is 25.4. The Morgan fingerprint density at radius 3 is 2.28 bits per heavy atom. The Balaban J connectivity index is 1.40. The summed E-state index contributed by atoms with van der Waals surface area (Å²) in [6.45, 7) is 7.33. The van der Waals surface area contributed by atoms with Crippen LogP contribution in [0.3, 0.4) is 0 Å². The van der Waals surface area contributed by atoms with E-state index < -0.39 is 23.2 Å². The summed E-state index contributed by atoms with van der Waals surface area (Å²) in [5.74, 6) is -2.31. The van der Waals surface area contributed by atoms with Crippen LogP contribution in [0.5, 0.6) is 0 Å². The fourth-order valence-electron chi connectivity index (χ4n) is 6.74. The molecule has 0 aromatic heterocycles. The van der Waals surface area contributed by atoms with Gasteiger partial charge in [-0.2, -0.15) is 0 Å². The van der Waals surface area contributed by atoms with Gasteiger partial charge in [-0.3, -0.25) is 9.69 Å². The number of aliphatic hydroxyl groups is 1. The van der Waals surface area contributed by atoms with Crippen LogP contribution in [-0.4, -0.2) is 66.2 Å². The molecule has 0 saturated carbocycles. The van der Waals surface area contributed by atoms with E-state index in [9.17, 15) is 18.7 Å². The van der Waals surface area contributed by atoms with E-state index in [0.717, 1.165) is 24.5 Å². The largest absolute Gasteiger partial charge is 0.384 e. The first-order valence-electron chi connectivity index (χ1n) is 13.1. The molecule has 0 unspecified atom stereocenters. The summed E-state index contributed by atoms with van der Waals surface area (Å²) >= 11 is 0. The first kappa shape index (κ1) is 25.3. The van der Waals surface area contributed by atoms with Gasteiger partial charge in [0.05, 0.1) is 11.5 Å². The average molecular weight is 499 g/mol. The van der Waals surface area contributed by atoms with Crippen LogP contribution in [0.15, 0.2) is 48.5 Å². The first-order valence-corrected chi connectivity index (χ1v) is 13.1. The lowest BCUT2D eigenvalue weighted by Gasteiger charge is -2.48. The maximum absolute atomic E-state index is 14.9. The Hall–Kier alpha value is -2.35. The standard InChI is InChI=1S/C29H36F2N2O3/c1-19-15-33(16-20(2)29(19,35)21-6-4-3-5-7-21)28(34)26-18-32(23-10-12-36-13-11-23)17-25(26)24-9-8-22(30)14-27(24)31/h3-9,14,19-20,23,25-26,35H,10-13,15-18H2,1-2H3/t19-,20+,25-,26+,29-/m0/s1. The molecule has 0 spiro atoms. The number of carbonyl (C=O) groups is 1. The lowest BCUT2D eigenvalue weighted by Crippen LogP contribution is -2.57. The van der Waals surface area contributed by atoms with E-state index in [0.29, 0.717) is 51.0 Å². The van der Waals surface area contributed by atoms with Crippen molar-refractivity contribution >= 4 is 5.91 Å². The Kier molecular flexibility index (Phi) is 7.16. The Bertz CT molecular complexity index is 1060. The van der Waals surface area contributed by atoms with Crippen LogP contribution < -0.4 is 0 Å². The molecule has 5 atom stereocenters. The van der Waals surface area contributed by atoms with Crippen molar-refractivity contribution in [3.8, 4) is 0 Å². The van der Waals surface area contributed by atoms with Gasteiger partial charge in [-0.1, -0.05) is 50.2 Å². The van der Waals surface area contributed by atoms with Crippen molar-refractivity contribution in [2.24, 2.45) is 17.8 Å². The molecule has 1 amide bonds. The van der Waals surface area contributed by atoms with Gasteiger partial charge in [0.25, 0.3) is 0 Å². The second-order valence-corrected chi connectivity index (χ2v) is 10.9. The molecule has 2 aromatic rings. The number of benzene rings is 2. The van der Waals surface area contributed by atoms with Crippen LogP contribution in [0.25, 0.3) is 0 Å².